The number of nitrogens with one attached hydrogen (secondary N) is 1. The van der Waals surface area contributed by atoms with E-state index in [0.717, 1.165) is 23.6 Å². The van der Waals surface area contributed by atoms with Crippen molar-refractivity contribution in [3.05, 3.63) is 64.7 Å². The third kappa shape index (κ3) is 2.82. The molecule has 2 aromatic carbocycles. The van der Waals surface area contributed by atoms with Gasteiger partial charge in [-0.1, -0.05) is 41.9 Å². The van der Waals surface area contributed by atoms with E-state index < -0.39 is 0 Å². The van der Waals surface area contributed by atoms with Crippen molar-refractivity contribution in [2.45, 2.75) is 25.0 Å². The lowest BCUT2D eigenvalue weighted by molar-refractivity contribution is 0.182. The highest BCUT2D eigenvalue weighted by molar-refractivity contribution is 6.30. The molecule has 2 aromatic rings. The predicted molar refractivity (Wildman–Crippen MR) is 82.6 cm³/mol. The van der Waals surface area contributed by atoms with Crippen LogP contribution in [0.5, 0.6) is 5.75 Å². The highest BCUT2D eigenvalue weighted by atomic mass is 35.5. The summed E-state index contributed by atoms with van der Waals surface area (Å²) in [6.07, 6.45) is 2.09. The van der Waals surface area contributed by atoms with Crippen LogP contribution in [-0.4, -0.2) is 19.2 Å². The molecule has 0 saturated carbocycles. The average molecular weight is 288 g/mol. The molecule has 0 aliphatic carbocycles. The first-order valence-corrected chi connectivity index (χ1v) is 7.30. The molecule has 0 bridgehead atoms. The van der Waals surface area contributed by atoms with E-state index in [1.165, 1.54) is 11.1 Å². The number of hydrogen-bond acceptors (Lipinski definition) is 2. The number of hydrogen-bond donors (Lipinski definition) is 1. The van der Waals surface area contributed by atoms with Crippen LogP contribution in [-0.2, 0) is 12.8 Å². The van der Waals surface area contributed by atoms with E-state index >= 15 is 0 Å². The van der Waals surface area contributed by atoms with Crippen LogP contribution in [0.2, 0.25) is 5.02 Å². The molecule has 0 saturated heterocycles. The van der Waals surface area contributed by atoms with Gasteiger partial charge in [0.15, 0.2) is 0 Å². The standard InChI is InChI=1S/C17H18ClNO/c1-19-15(10-12-6-8-14(18)9-7-12)17-11-13-4-2-3-5-16(13)20-17/h2-9,15,17,19H,10-11H2,1H3. The lowest BCUT2D eigenvalue weighted by Gasteiger charge is -2.23. The SMILES string of the molecule is CNC(Cc1ccc(Cl)cc1)C1Cc2ccccc2O1. The summed E-state index contributed by atoms with van der Waals surface area (Å²) in [6.45, 7) is 0. The van der Waals surface area contributed by atoms with Crippen molar-refractivity contribution in [2.24, 2.45) is 0 Å². The maximum absolute atomic E-state index is 6.07. The van der Waals surface area contributed by atoms with Crippen LogP contribution in [0, 0.1) is 0 Å². The summed E-state index contributed by atoms with van der Waals surface area (Å²) in [7, 11) is 1.99. The van der Waals surface area contributed by atoms with Crippen molar-refractivity contribution in [2.75, 3.05) is 7.05 Å². The van der Waals surface area contributed by atoms with E-state index in [2.05, 4.69) is 29.6 Å². The zero-order chi connectivity index (χ0) is 13.9. The molecule has 20 heavy (non-hydrogen) atoms. The lowest BCUT2D eigenvalue weighted by atomic mass is 9.98. The zero-order valence-corrected chi connectivity index (χ0v) is 12.2. The smallest absolute Gasteiger partial charge is 0.123 e. The largest absolute Gasteiger partial charge is 0.488 e. The Morgan fingerprint density at radius 3 is 2.65 bits per heavy atom. The van der Waals surface area contributed by atoms with Crippen molar-refractivity contribution < 1.29 is 4.74 Å². The van der Waals surface area contributed by atoms with Gasteiger partial charge < -0.3 is 10.1 Å². The Balaban J connectivity index is 1.71. The van der Waals surface area contributed by atoms with Gasteiger partial charge in [0.1, 0.15) is 11.9 Å². The Kier molecular flexibility index (Phi) is 3.95. The van der Waals surface area contributed by atoms with Crippen LogP contribution in [0.15, 0.2) is 48.5 Å². The van der Waals surface area contributed by atoms with Gasteiger partial charge in [0.2, 0.25) is 0 Å². The normalized spacial score (nSPS) is 18.4. The first kappa shape index (κ1) is 13.5. The number of rotatable bonds is 4. The Morgan fingerprint density at radius 1 is 1.20 bits per heavy atom. The molecule has 0 amide bonds. The van der Waals surface area contributed by atoms with E-state index in [-0.39, 0.29) is 6.10 Å². The van der Waals surface area contributed by atoms with Gasteiger partial charge in [-0.3, -0.25) is 0 Å². The van der Waals surface area contributed by atoms with Gasteiger partial charge in [0.25, 0.3) is 0 Å². The molecule has 1 aliphatic heterocycles. The highest BCUT2D eigenvalue weighted by Gasteiger charge is 2.29. The second-order valence-electron chi connectivity index (χ2n) is 5.19. The van der Waals surface area contributed by atoms with E-state index in [1.807, 2.05) is 31.3 Å². The van der Waals surface area contributed by atoms with Gasteiger partial charge >= 0.3 is 0 Å². The molecular formula is C17H18ClNO. The summed E-state index contributed by atoms with van der Waals surface area (Å²) in [6, 6.07) is 16.6. The topological polar surface area (TPSA) is 21.3 Å². The molecule has 1 heterocycles. The van der Waals surface area contributed by atoms with Crippen LogP contribution >= 0.6 is 11.6 Å². The van der Waals surface area contributed by atoms with E-state index in [0.29, 0.717) is 6.04 Å². The molecule has 0 radical (unpaired) electrons. The summed E-state index contributed by atoms with van der Waals surface area (Å²) < 4.78 is 6.07. The number of ether oxygens (including phenoxy) is 1. The van der Waals surface area contributed by atoms with Gasteiger partial charge in [-0.25, -0.2) is 0 Å². The molecule has 104 valence electrons. The Labute approximate surface area is 124 Å². The second-order valence-corrected chi connectivity index (χ2v) is 5.63. The Bertz CT molecular complexity index is 557. The van der Waals surface area contributed by atoms with Crippen LogP contribution in [0.4, 0.5) is 0 Å². The average Bonchev–Trinajstić information content (AvgIpc) is 2.90. The quantitative estimate of drug-likeness (QED) is 0.930. The molecule has 0 spiro atoms. The molecule has 2 nitrogen and oxygen atoms in total. The maximum Gasteiger partial charge on any atom is 0.123 e. The molecule has 2 atom stereocenters. The molecule has 1 N–H and O–H groups in total. The summed E-state index contributed by atoms with van der Waals surface area (Å²) in [5.74, 6) is 1.02. The number of halogens is 1. The molecule has 3 rings (SSSR count). The fourth-order valence-corrected chi connectivity index (χ4v) is 2.85. The third-order valence-electron chi connectivity index (χ3n) is 3.86. The van der Waals surface area contributed by atoms with Crippen molar-refractivity contribution in [3.63, 3.8) is 0 Å². The summed E-state index contributed by atoms with van der Waals surface area (Å²) in [5.41, 5.74) is 2.57. The monoisotopic (exact) mass is 287 g/mol. The molecule has 3 heteroatoms. The van der Waals surface area contributed by atoms with Crippen LogP contribution in [0.3, 0.4) is 0 Å². The second kappa shape index (κ2) is 5.86. The van der Waals surface area contributed by atoms with Gasteiger partial charge in [0.05, 0.1) is 0 Å². The third-order valence-corrected chi connectivity index (χ3v) is 4.11. The minimum Gasteiger partial charge on any atom is -0.488 e. The van der Waals surface area contributed by atoms with Crippen molar-refractivity contribution >= 4 is 11.6 Å². The minimum absolute atomic E-state index is 0.188. The van der Waals surface area contributed by atoms with E-state index in [4.69, 9.17) is 16.3 Å². The predicted octanol–water partition coefficient (Wildman–Crippen LogP) is 3.47. The summed E-state index contributed by atoms with van der Waals surface area (Å²) in [4.78, 5) is 0. The van der Waals surface area contributed by atoms with Gasteiger partial charge in [-0.2, -0.15) is 0 Å². The van der Waals surface area contributed by atoms with Crippen LogP contribution < -0.4 is 10.1 Å². The van der Waals surface area contributed by atoms with E-state index in [9.17, 15) is 0 Å². The number of fused-ring (bicyclic) bond motifs is 1. The molecule has 0 aromatic heterocycles. The fourth-order valence-electron chi connectivity index (χ4n) is 2.73. The van der Waals surface area contributed by atoms with Gasteiger partial charge in [0, 0.05) is 17.5 Å². The Hall–Kier alpha value is -1.51. The van der Waals surface area contributed by atoms with Crippen molar-refractivity contribution in [1.82, 2.24) is 5.32 Å². The summed E-state index contributed by atoms with van der Waals surface area (Å²) >= 11 is 5.93. The minimum atomic E-state index is 0.188. The molecular weight excluding hydrogens is 270 g/mol. The molecule has 1 aliphatic rings. The first-order valence-electron chi connectivity index (χ1n) is 6.92. The number of benzene rings is 2. The highest BCUT2D eigenvalue weighted by Crippen LogP contribution is 2.30. The maximum atomic E-state index is 6.07. The molecule has 0 fully saturated rings. The lowest BCUT2D eigenvalue weighted by Crippen LogP contribution is -2.42. The van der Waals surface area contributed by atoms with E-state index in [1.54, 1.807) is 0 Å². The van der Waals surface area contributed by atoms with Gasteiger partial charge in [-0.15, -0.1) is 0 Å². The number of likely N-dealkylation sites (N-methyl/N-ethyl adjacent to an activating group) is 1. The zero-order valence-electron chi connectivity index (χ0n) is 11.5. The number of para-hydroxylation sites is 1. The van der Waals surface area contributed by atoms with Crippen molar-refractivity contribution in [1.29, 1.82) is 0 Å². The first-order chi connectivity index (χ1) is 9.76. The van der Waals surface area contributed by atoms with Crippen molar-refractivity contribution in [3.8, 4) is 5.75 Å². The fraction of sp³-hybridized carbons (Fsp3) is 0.294. The van der Waals surface area contributed by atoms with Crippen LogP contribution in [0.1, 0.15) is 11.1 Å². The van der Waals surface area contributed by atoms with Gasteiger partial charge in [-0.05, 0) is 42.8 Å². The van der Waals surface area contributed by atoms with Crippen LogP contribution in [0.25, 0.3) is 0 Å². The summed E-state index contributed by atoms with van der Waals surface area (Å²) in [5, 5.41) is 4.16. The Morgan fingerprint density at radius 2 is 1.95 bits per heavy atom. The molecule has 2 unspecified atom stereocenters.